The standard InChI is InChI=1S/C10H9NO3/c1-14-11-5-4-7-6-8(10(12)13)2-3-9(7)11/h2-6H,1H3,(H,12,13). The summed E-state index contributed by atoms with van der Waals surface area (Å²) in [7, 11) is 1.56. The van der Waals surface area contributed by atoms with Gasteiger partial charge in [-0.15, -0.1) is 0 Å². The van der Waals surface area contributed by atoms with Crippen molar-refractivity contribution in [1.29, 1.82) is 0 Å². The van der Waals surface area contributed by atoms with Crippen molar-refractivity contribution in [3.63, 3.8) is 0 Å². The van der Waals surface area contributed by atoms with Crippen LogP contribution in [0.4, 0.5) is 0 Å². The maximum absolute atomic E-state index is 10.7. The number of fused-ring (bicyclic) bond motifs is 1. The minimum absolute atomic E-state index is 0.284. The maximum atomic E-state index is 10.7. The molecule has 0 fully saturated rings. The van der Waals surface area contributed by atoms with E-state index in [-0.39, 0.29) is 5.56 Å². The lowest BCUT2D eigenvalue weighted by Gasteiger charge is -2.01. The minimum atomic E-state index is -0.919. The Bertz CT molecular complexity index is 487. The minimum Gasteiger partial charge on any atom is -0.478 e. The average molecular weight is 191 g/mol. The largest absolute Gasteiger partial charge is 0.478 e. The van der Waals surface area contributed by atoms with Crippen LogP contribution in [0.25, 0.3) is 10.9 Å². The molecule has 72 valence electrons. The Kier molecular flexibility index (Phi) is 1.89. The Morgan fingerprint density at radius 1 is 1.43 bits per heavy atom. The fraction of sp³-hybridized carbons (Fsp3) is 0.100. The number of nitrogens with zero attached hydrogens (tertiary/aromatic N) is 1. The highest BCUT2D eigenvalue weighted by Crippen LogP contribution is 2.16. The van der Waals surface area contributed by atoms with E-state index in [1.165, 1.54) is 0 Å². The second-order valence-electron chi connectivity index (χ2n) is 2.90. The number of rotatable bonds is 2. The van der Waals surface area contributed by atoms with Gasteiger partial charge in [-0.1, -0.05) is 0 Å². The Labute approximate surface area is 80.3 Å². The van der Waals surface area contributed by atoms with Crippen LogP contribution in [0.2, 0.25) is 0 Å². The van der Waals surface area contributed by atoms with Gasteiger partial charge in [0.1, 0.15) is 7.11 Å². The molecule has 1 N–H and O–H groups in total. The molecule has 0 saturated heterocycles. The highest BCUT2D eigenvalue weighted by Gasteiger charge is 2.06. The lowest BCUT2D eigenvalue weighted by Crippen LogP contribution is -2.03. The van der Waals surface area contributed by atoms with Crippen LogP contribution >= 0.6 is 0 Å². The Hall–Kier alpha value is -1.97. The predicted octanol–water partition coefficient (Wildman–Crippen LogP) is 1.40. The molecule has 0 aliphatic rings. The normalized spacial score (nSPS) is 10.4. The monoisotopic (exact) mass is 191 g/mol. The van der Waals surface area contributed by atoms with Crippen LogP contribution in [0.1, 0.15) is 10.4 Å². The highest BCUT2D eigenvalue weighted by molar-refractivity contribution is 5.93. The highest BCUT2D eigenvalue weighted by atomic mass is 16.6. The van der Waals surface area contributed by atoms with E-state index in [1.807, 2.05) is 6.07 Å². The zero-order valence-corrected chi connectivity index (χ0v) is 7.60. The van der Waals surface area contributed by atoms with Gasteiger partial charge in [0.25, 0.3) is 0 Å². The summed E-state index contributed by atoms with van der Waals surface area (Å²) in [5.41, 5.74) is 1.14. The molecule has 0 bridgehead atoms. The first-order chi connectivity index (χ1) is 6.72. The molecule has 4 heteroatoms. The second kappa shape index (κ2) is 3.06. The summed E-state index contributed by atoms with van der Waals surface area (Å²) in [6.07, 6.45) is 1.75. The van der Waals surface area contributed by atoms with Gasteiger partial charge in [0.05, 0.1) is 11.1 Å². The molecule has 1 aromatic carbocycles. The summed E-state index contributed by atoms with van der Waals surface area (Å²) in [6.45, 7) is 0. The van der Waals surface area contributed by atoms with Crippen LogP contribution in [0, 0.1) is 0 Å². The summed E-state index contributed by atoms with van der Waals surface area (Å²) in [6, 6.07) is 6.71. The Balaban J connectivity index is 2.63. The number of hydrogen-bond donors (Lipinski definition) is 1. The third-order valence-electron chi connectivity index (χ3n) is 2.10. The first-order valence-electron chi connectivity index (χ1n) is 4.11. The van der Waals surface area contributed by atoms with Crippen LogP contribution in [0.5, 0.6) is 0 Å². The smallest absolute Gasteiger partial charge is 0.335 e. The third kappa shape index (κ3) is 1.21. The lowest BCUT2D eigenvalue weighted by atomic mass is 10.1. The molecule has 14 heavy (non-hydrogen) atoms. The molecule has 0 atom stereocenters. The lowest BCUT2D eigenvalue weighted by molar-refractivity contribution is 0.0697. The number of hydrogen-bond acceptors (Lipinski definition) is 2. The first-order valence-corrected chi connectivity index (χ1v) is 4.11. The maximum Gasteiger partial charge on any atom is 0.335 e. The van der Waals surface area contributed by atoms with Crippen molar-refractivity contribution in [3.8, 4) is 0 Å². The molecule has 1 heterocycles. The van der Waals surface area contributed by atoms with Crippen LogP contribution in [0.3, 0.4) is 0 Å². The molecule has 2 rings (SSSR count). The number of carbonyl (C=O) groups is 1. The van der Waals surface area contributed by atoms with Crippen molar-refractivity contribution in [2.45, 2.75) is 0 Å². The average Bonchev–Trinajstić information content (AvgIpc) is 2.59. The van der Waals surface area contributed by atoms with Crippen molar-refractivity contribution < 1.29 is 14.7 Å². The number of aromatic carboxylic acids is 1. The fourth-order valence-electron chi connectivity index (χ4n) is 1.41. The van der Waals surface area contributed by atoms with Gasteiger partial charge in [-0.25, -0.2) is 4.79 Å². The number of carboxylic acids is 1. The van der Waals surface area contributed by atoms with Gasteiger partial charge in [-0.3, -0.25) is 0 Å². The molecule has 0 saturated carbocycles. The number of benzene rings is 1. The second-order valence-corrected chi connectivity index (χ2v) is 2.90. The molecular formula is C10H9NO3. The van der Waals surface area contributed by atoms with E-state index in [4.69, 9.17) is 9.94 Å². The van der Waals surface area contributed by atoms with Gasteiger partial charge in [-0.2, -0.15) is 4.73 Å². The quantitative estimate of drug-likeness (QED) is 0.780. The van der Waals surface area contributed by atoms with Gasteiger partial charge in [0.2, 0.25) is 0 Å². The van der Waals surface area contributed by atoms with Crippen molar-refractivity contribution in [2.24, 2.45) is 0 Å². The Morgan fingerprint density at radius 2 is 2.21 bits per heavy atom. The first kappa shape index (κ1) is 8.62. The summed E-state index contributed by atoms with van der Waals surface area (Å²) in [5, 5.41) is 9.62. The fourth-order valence-corrected chi connectivity index (χ4v) is 1.41. The van der Waals surface area contributed by atoms with Crippen LogP contribution in [-0.4, -0.2) is 22.9 Å². The molecule has 1 aromatic heterocycles. The summed E-state index contributed by atoms with van der Waals surface area (Å²) < 4.78 is 1.58. The number of carboxylic acid groups (broad SMARTS) is 1. The predicted molar refractivity (Wildman–Crippen MR) is 51.4 cm³/mol. The summed E-state index contributed by atoms with van der Waals surface area (Å²) in [4.78, 5) is 15.7. The molecule has 0 radical (unpaired) electrons. The van der Waals surface area contributed by atoms with Crippen molar-refractivity contribution in [1.82, 2.24) is 4.73 Å². The van der Waals surface area contributed by atoms with E-state index >= 15 is 0 Å². The Morgan fingerprint density at radius 3 is 2.86 bits per heavy atom. The molecular weight excluding hydrogens is 182 g/mol. The topological polar surface area (TPSA) is 51.5 Å². The van der Waals surface area contributed by atoms with E-state index < -0.39 is 5.97 Å². The molecule has 0 amide bonds. The van der Waals surface area contributed by atoms with Crippen molar-refractivity contribution in [2.75, 3.05) is 7.11 Å². The van der Waals surface area contributed by atoms with Gasteiger partial charge < -0.3 is 9.94 Å². The SMILES string of the molecule is COn1ccc2cc(C(=O)O)ccc21. The van der Waals surface area contributed by atoms with Crippen LogP contribution in [0.15, 0.2) is 30.5 Å². The summed E-state index contributed by atoms with van der Waals surface area (Å²) >= 11 is 0. The van der Waals surface area contributed by atoms with Gasteiger partial charge in [-0.05, 0) is 24.3 Å². The van der Waals surface area contributed by atoms with Gasteiger partial charge in [0, 0.05) is 11.6 Å². The van der Waals surface area contributed by atoms with E-state index in [9.17, 15) is 4.79 Å². The van der Waals surface area contributed by atoms with Gasteiger partial charge >= 0.3 is 5.97 Å². The molecule has 0 aliphatic heterocycles. The molecule has 0 unspecified atom stereocenters. The molecule has 0 aliphatic carbocycles. The molecule has 2 aromatic rings. The van der Waals surface area contributed by atoms with Crippen LogP contribution < -0.4 is 4.84 Å². The van der Waals surface area contributed by atoms with Crippen molar-refractivity contribution in [3.05, 3.63) is 36.0 Å². The summed E-state index contributed by atoms with van der Waals surface area (Å²) in [5.74, 6) is -0.919. The van der Waals surface area contributed by atoms with E-state index in [1.54, 1.807) is 36.2 Å². The zero-order chi connectivity index (χ0) is 10.1. The molecule has 4 nitrogen and oxygen atoms in total. The number of aromatic nitrogens is 1. The van der Waals surface area contributed by atoms with Crippen molar-refractivity contribution >= 4 is 16.9 Å². The van der Waals surface area contributed by atoms with E-state index in [0.29, 0.717) is 0 Å². The molecule has 0 spiro atoms. The van der Waals surface area contributed by atoms with Crippen LogP contribution in [-0.2, 0) is 0 Å². The third-order valence-corrected chi connectivity index (χ3v) is 2.10. The zero-order valence-electron chi connectivity index (χ0n) is 7.60. The van der Waals surface area contributed by atoms with Gasteiger partial charge in [0.15, 0.2) is 0 Å². The van der Waals surface area contributed by atoms with E-state index in [2.05, 4.69) is 0 Å². The van der Waals surface area contributed by atoms with E-state index in [0.717, 1.165) is 10.9 Å².